The predicted molar refractivity (Wildman–Crippen MR) is 90.3 cm³/mol. The van der Waals surface area contributed by atoms with Crippen molar-refractivity contribution in [2.24, 2.45) is 0 Å². The number of aromatic nitrogens is 3. The standard InChI is InChI=1S/C17H20N4O5/c1-24-14-6-5-12(15(18-14)25-2)16(22)20-7-4-8-21-11(10-20)9-13(19-21)17(23)26-3/h5-6,9H,4,7-8,10H2,1-3H3. The molecule has 0 atom stereocenters. The molecular weight excluding hydrogens is 340 g/mol. The maximum Gasteiger partial charge on any atom is 0.358 e. The highest BCUT2D eigenvalue weighted by Crippen LogP contribution is 2.23. The number of carbonyl (C=O) groups excluding carboxylic acids is 2. The summed E-state index contributed by atoms with van der Waals surface area (Å²) in [4.78, 5) is 30.5. The fraction of sp³-hybridized carbons (Fsp3) is 0.412. The molecule has 0 radical (unpaired) electrons. The van der Waals surface area contributed by atoms with Gasteiger partial charge in [0.2, 0.25) is 11.8 Å². The second-order valence-electron chi connectivity index (χ2n) is 5.73. The molecule has 0 unspecified atom stereocenters. The van der Waals surface area contributed by atoms with Gasteiger partial charge in [0.05, 0.1) is 33.6 Å². The van der Waals surface area contributed by atoms with Gasteiger partial charge in [-0.2, -0.15) is 10.1 Å². The van der Waals surface area contributed by atoms with Gasteiger partial charge < -0.3 is 19.1 Å². The highest BCUT2D eigenvalue weighted by molar-refractivity contribution is 5.96. The van der Waals surface area contributed by atoms with Crippen LogP contribution in [0.4, 0.5) is 0 Å². The van der Waals surface area contributed by atoms with E-state index in [1.807, 2.05) is 0 Å². The number of carbonyl (C=O) groups is 2. The minimum absolute atomic E-state index is 0.203. The van der Waals surface area contributed by atoms with Crippen LogP contribution in [0.3, 0.4) is 0 Å². The number of esters is 1. The lowest BCUT2D eigenvalue weighted by Gasteiger charge is -2.21. The Bertz CT molecular complexity index is 833. The molecule has 0 saturated carbocycles. The quantitative estimate of drug-likeness (QED) is 0.754. The first-order valence-corrected chi connectivity index (χ1v) is 8.10. The number of aryl methyl sites for hydroxylation is 1. The van der Waals surface area contributed by atoms with Crippen LogP contribution in [0.5, 0.6) is 11.8 Å². The van der Waals surface area contributed by atoms with E-state index in [-0.39, 0.29) is 17.5 Å². The fourth-order valence-corrected chi connectivity index (χ4v) is 2.87. The number of methoxy groups -OCH3 is 3. The molecule has 2 aromatic rings. The summed E-state index contributed by atoms with van der Waals surface area (Å²) in [5.41, 5.74) is 1.37. The number of amides is 1. The van der Waals surface area contributed by atoms with Crippen LogP contribution in [0.2, 0.25) is 0 Å². The van der Waals surface area contributed by atoms with E-state index in [0.717, 1.165) is 5.69 Å². The van der Waals surface area contributed by atoms with E-state index in [0.29, 0.717) is 37.5 Å². The maximum absolute atomic E-state index is 13.0. The van der Waals surface area contributed by atoms with Crippen LogP contribution in [-0.2, 0) is 17.8 Å². The molecule has 0 fully saturated rings. The lowest BCUT2D eigenvalue weighted by atomic mass is 10.2. The molecule has 0 aromatic carbocycles. The zero-order chi connectivity index (χ0) is 18.7. The Hall–Kier alpha value is -3.10. The minimum Gasteiger partial charge on any atom is -0.481 e. The van der Waals surface area contributed by atoms with E-state index in [9.17, 15) is 9.59 Å². The summed E-state index contributed by atoms with van der Waals surface area (Å²) in [6.45, 7) is 1.51. The predicted octanol–water partition coefficient (Wildman–Crippen LogP) is 1.13. The lowest BCUT2D eigenvalue weighted by Crippen LogP contribution is -2.31. The topological polar surface area (TPSA) is 95.8 Å². The Labute approximate surface area is 150 Å². The van der Waals surface area contributed by atoms with Crippen LogP contribution >= 0.6 is 0 Å². The number of hydrogen-bond acceptors (Lipinski definition) is 7. The van der Waals surface area contributed by atoms with Crippen molar-refractivity contribution < 1.29 is 23.8 Å². The Kier molecular flexibility index (Phi) is 5.06. The van der Waals surface area contributed by atoms with E-state index in [1.165, 1.54) is 21.3 Å². The fourth-order valence-electron chi connectivity index (χ4n) is 2.87. The van der Waals surface area contributed by atoms with Crippen molar-refractivity contribution in [3.63, 3.8) is 0 Å². The number of hydrogen-bond donors (Lipinski definition) is 0. The van der Waals surface area contributed by atoms with Crippen molar-refractivity contribution in [3.05, 3.63) is 35.2 Å². The van der Waals surface area contributed by atoms with Crippen LogP contribution in [0.1, 0.15) is 33.0 Å². The van der Waals surface area contributed by atoms with Gasteiger partial charge >= 0.3 is 5.97 Å². The van der Waals surface area contributed by atoms with E-state index in [1.54, 1.807) is 27.8 Å². The lowest BCUT2D eigenvalue weighted by molar-refractivity contribution is 0.0592. The Balaban J connectivity index is 1.86. The van der Waals surface area contributed by atoms with E-state index in [4.69, 9.17) is 14.2 Å². The van der Waals surface area contributed by atoms with Crippen LogP contribution in [0, 0.1) is 0 Å². The summed E-state index contributed by atoms with van der Waals surface area (Å²) in [6, 6.07) is 4.91. The SMILES string of the molecule is COC(=O)c1cc2n(n1)CCCN(C(=O)c1ccc(OC)nc1OC)C2. The Morgan fingerprint density at radius 2 is 1.92 bits per heavy atom. The van der Waals surface area contributed by atoms with Crippen LogP contribution < -0.4 is 9.47 Å². The molecule has 0 N–H and O–H groups in total. The molecule has 1 amide bonds. The summed E-state index contributed by atoms with van der Waals surface area (Å²) in [5.74, 6) is -0.117. The summed E-state index contributed by atoms with van der Waals surface area (Å²) in [7, 11) is 4.27. The summed E-state index contributed by atoms with van der Waals surface area (Å²) in [5, 5.41) is 4.26. The number of nitrogens with zero attached hydrogens (tertiary/aromatic N) is 4. The second-order valence-corrected chi connectivity index (χ2v) is 5.73. The normalized spacial score (nSPS) is 13.6. The van der Waals surface area contributed by atoms with Crippen LogP contribution in [-0.4, -0.2) is 59.4 Å². The number of pyridine rings is 1. The Morgan fingerprint density at radius 1 is 1.12 bits per heavy atom. The van der Waals surface area contributed by atoms with Gasteiger partial charge in [-0.25, -0.2) is 4.79 Å². The summed E-state index contributed by atoms with van der Waals surface area (Å²) >= 11 is 0. The average molecular weight is 360 g/mol. The zero-order valence-electron chi connectivity index (χ0n) is 14.9. The number of ether oxygens (including phenoxy) is 3. The first kappa shape index (κ1) is 17.7. The largest absolute Gasteiger partial charge is 0.481 e. The smallest absolute Gasteiger partial charge is 0.358 e. The Morgan fingerprint density at radius 3 is 2.62 bits per heavy atom. The third-order valence-electron chi connectivity index (χ3n) is 4.16. The number of fused-ring (bicyclic) bond motifs is 1. The highest BCUT2D eigenvalue weighted by atomic mass is 16.5. The van der Waals surface area contributed by atoms with E-state index < -0.39 is 5.97 Å². The van der Waals surface area contributed by atoms with Crippen molar-refractivity contribution in [1.82, 2.24) is 19.7 Å². The van der Waals surface area contributed by atoms with Crippen molar-refractivity contribution in [1.29, 1.82) is 0 Å². The minimum atomic E-state index is -0.496. The zero-order valence-corrected chi connectivity index (χ0v) is 14.9. The molecule has 1 aliphatic rings. The van der Waals surface area contributed by atoms with Gasteiger partial charge in [0, 0.05) is 19.2 Å². The third-order valence-corrected chi connectivity index (χ3v) is 4.16. The molecule has 26 heavy (non-hydrogen) atoms. The molecule has 0 saturated heterocycles. The molecule has 1 aliphatic heterocycles. The molecule has 9 heteroatoms. The molecule has 0 bridgehead atoms. The van der Waals surface area contributed by atoms with Gasteiger partial charge in [-0.15, -0.1) is 0 Å². The molecule has 0 spiro atoms. The molecule has 9 nitrogen and oxygen atoms in total. The van der Waals surface area contributed by atoms with Gasteiger partial charge in [0.15, 0.2) is 5.69 Å². The van der Waals surface area contributed by atoms with Crippen molar-refractivity contribution in [2.45, 2.75) is 19.5 Å². The van der Waals surface area contributed by atoms with Gasteiger partial charge in [0.25, 0.3) is 5.91 Å². The molecule has 3 heterocycles. The van der Waals surface area contributed by atoms with Crippen molar-refractivity contribution in [3.8, 4) is 11.8 Å². The van der Waals surface area contributed by atoms with E-state index in [2.05, 4.69) is 10.1 Å². The molecule has 138 valence electrons. The first-order valence-electron chi connectivity index (χ1n) is 8.10. The molecular formula is C17H20N4O5. The van der Waals surface area contributed by atoms with Crippen LogP contribution in [0.25, 0.3) is 0 Å². The van der Waals surface area contributed by atoms with E-state index >= 15 is 0 Å². The first-order chi connectivity index (χ1) is 12.6. The van der Waals surface area contributed by atoms with Gasteiger partial charge in [0.1, 0.15) is 5.56 Å². The summed E-state index contributed by atoms with van der Waals surface area (Å²) < 4.78 is 16.7. The highest BCUT2D eigenvalue weighted by Gasteiger charge is 2.26. The van der Waals surface area contributed by atoms with Gasteiger partial charge in [-0.1, -0.05) is 0 Å². The van der Waals surface area contributed by atoms with Crippen molar-refractivity contribution >= 4 is 11.9 Å². The van der Waals surface area contributed by atoms with Crippen LogP contribution in [0.15, 0.2) is 18.2 Å². The average Bonchev–Trinajstić information content (AvgIpc) is 2.97. The van der Waals surface area contributed by atoms with Gasteiger partial charge in [-0.05, 0) is 18.6 Å². The maximum atomic E-state index is 13.0. The summed E-state index contributed by atoms with van der Waals surface area (Å²) in [6.07, 6.45) is 0.715. The molecule has 0 aliphatic carbocycles. The number of rotatable bonds is 4. The third kappa shape index (κ3) is 3.32. The monoisotopic (exact) mass is 360 g/mol. The van der Waals surface area contributed by atoms with Crippen molar-refractivity contribution in [2.75, 3.05) is 27.9 Å². The molecule has 2 aromatic heterocycles. The van der Waals surface area contributed by atoms with Gasteiger partial charge in [-0.3, -0.25) is 9.48 Å². The molecule has 3 rings (SSSR count). The second kappa shape index (κ2) is 7.42.